The predicted molar refractivity (Wildman–Crippen MR) is 96.7 cm³/mol. The lowest BCUT2D eigenvalue weighted by molar-refractivity contribution is 0.101. The molecule has 0 bridgehead atoms. The zero-order chi connectivity index (χ0) is 17.4. The molecule has 5 heteroatoms. The fourth-order valence-corrected chi connectivity index (χ4v) is 3.71. The van der Waals surface area contributed by atoms with Crippen LogP contribution in [0.15, 0.2) is 42.5 Å². The van der Waals surface area contributed by atoms with E-state index in [1.165, 1.54) is 13.0 Å². The second-order valence-electron chi connectivity index (χ2n) is 6.61. The van der Waals surface area contributed by atoms with Gasteiger partial charge in [0.25, 0.3) is 0 Å². The SMILES string of the molecule is CC(=O)c1c(F)cccc1N1CCC[C@H](c2nc3ccccc3[nH]2)C1. The maximum absolute atomic E-state index is 14.1. The molecule has 25 heavy (non-hydrogen) atoms. The van der Waals surface area contributed by atoms with Crippen molar-refractivity contribution in [2.75, 3.05) is 18.0 Å². The van der Waals surface area contributed by atoms with Crippen LogP contribution < -0.4 is 4.90 Å². The summed E-state index contributed by atoms with van der Waals surface area (Å²) < 4.78 is 14.1. The molecule has 128 valence electrons. The molecule has 1 aromatic heterocycles. The molecule has 0 aliphatic carbocycles. The monoisotopic (exact) mass is 337 g/mol. The Labute approximate surface area is 145 Å². The predicted octanol–water partition coefficient (Wildman–Crippen LogP) is 4.29. The molecule has 0 saturated carbocycles. The van der Waals surface area contributed by atoms with E-state index in [2.05, 4.69) is 9.88 Å². The number of halogens is 1. The van der Waals surface area contributed by atoms with Gasteiger partial charge in [0.05, 0.1) is 22.3 Å². The number of Topliss-reactive ketones (excluding diaryl/α,β-unsaturated/α-hetero) is 1. The number of para-hydroxylation sites is 2. The molecule has 0 unspecified atom stereocenters. The first kappa shape index (κ1) is 15.8. The number of aromatic amines is 1. The highest BCUT2D eigenvalue weighted by Gasteiger charge is 2.27. The Morgan fingerprint density at radius 3 is 2.88 bits per heavy atom. The fraction of sp³-hybridized carbons (Fsp3) is 0.300. The molecule has 0 amide bonds. The highest BCUT2D eigenvalue weighted by atomic mass is 19.1. The largest absolute Gasteiger partial charge is 0.370 e. The molecule has 4 rings (SSSR count). The number of piperidine rings is 1. The minimum Gasteiger partial charge on any atom is -0.370 e. The van der Waals surface area contributed by atoms with E-state index in [0.717, 1.165) is 42.8 Å². The number of benzene rings is 2. The lowest BCUT2D eigenvalue weighted by Gasteiger charge is -2.34. The third-order valence-electron chi connectivity index (χ3n) is 4.90. The van der Waals surface area contributed by atoms with Gasteiger partial charge in [-0.1, -0.05) is 18.2 Å². The van der Waals surface area contributed by atoms with Gasteiger partial charge in [-0.3, -0.25) is 4.79 Å². The van der Waals surface area contributed by atoms with Crippen LogP contribution in [-0.4, -0.2) is 28.8 Å². The van der Waals surface area contributed by atoms with E-state index in [1.54, 1.807) is 6.07 Å². The van der Waals surface area contributed by atoms with Gasteiger partial charge >= 0.3 is 0 Å². The summed E-state index contributed by atoms with van der Waals surface area (Å²) in [4.78, 5) is 22.1. The fourth-order valence-electron chi connectivity index (χ4n) is 3.71. The van der Waals surface area contributed by atoms with E-state index in [-0.39, 0.29) is 17.3 Å². The van der Waals surface area contributed by atoms with E-state index in [1.807, 2.05) is 30.3 Å². The first-order chi connectivity index (χ1) is 12.1. The Morgan fingerprint density at radius 2 is 2.08 bits per heavy atom. The Bertz CT molecular complexity index is 901. The number of ketones is 1. The Morgan fingerprint density at radius 1 is 1.24 bits per heavy atom. The van der Waals surface area contributed by atoms with E-state index >= 15 is 0 Å². The first-order valence-electron chi connectivity index (χ1n) is 8.62. The van der Waals surface area contributed by atoms with E-state index < -0.39 is 5.82 Å². The normalized spacial score (nSPS) is 17.8. The Balaban J connectivity index is 1.65. The molecule has 2 aromatic carbocycles. The highest BCUT2D eigenvalue weighted by Crippen LogP contribution is 2.32. The van der Waals surface area contributed by atoms with Gasteiger partial charge in [0, 0.05) is 19.0 Å². The first-order valence-corrected chi connectivity index (χ1v) is 8.62. The van der Waals surface area contributed by atoms with E-state index in [4.69, 9.17) is 4.98 Å². The molecule has 3 aromatic rings. The molecule has 1 saturated heterocycles. The zero-order valence-corrected chi connectivity index (χ0v) is 14.1. The summed E-state index contributed by atoms with van der Waals surface area (Å²) in [7, 11) is 0. The molecular formula is C20H20FN3O. The van der Waals surface area contributed by atoms with Crippen LogP contribution in [0.25, 0.3) is 11.0 Å². The smallest absolute Gasteiger partial charge is 0.164 e. The third-order valence-corrected chi connectivity index (χ3v) is 4.90. The van der Waals surface area contributed by atoms with Crippen molar-refractivity contribution in [1.29, 1.82) is 0 Å². The minimum absolute atomic E-state index is 0.188. The van der Waals surface area contributed by atoms with Gasteiger partial charge in [-0.05, 0) is 44.0 Å². The van der Waals surface area contributed by atoms with Crippen molar-refractivity contribution >= 4 is 22.5 Å². The van der Waals surface area contributed by atoms with Crippen LogP contribution in [0, 0.1) is 5.82 Å². The molecule has 1 atom stereocenters. The van der Waals surface area contributed by atoms with Crippen LogP contribution >= 0.6 is 0 Å². The number of nitrogens with zero attached hydrogens (tertiary/aromatic N) is 2. The van der Waals surface area contributed by atoms with Gasteiger partial charge in [-0.25, -0.2) is 9.37 Å². The minimum atomic E-state index is -0.448. The van der Waals surface area contributed by atoms with Crippen molar-refractivity contribution in [2.24, 2.45) is 0 Å². The van der Waals surface area contributed by atoms with Crippen LogP contribution in [0.1, 0.15) is 41.9 Å². The van der Waals surface area contributed by atoms with Gasteiger partial charge in [0.2, 0.25) is 0 Å². The maximum atomic E-state index is 14.1. The molecule has 1 fully saturated rings. The summed E-state index contributed by atoms with van der Waals surface area (Å²) >= 11 is 0. The number of imidazole rings is 1. The molecule has 1 N–H and O–H groups in total. The van der Waals surface area contributed by atoms with Crippen LogP contribution in [0.5, 0.6) is 0 Å². The van der Waals surface area contributed by atoms with Crippen molar-refractivity contribution in [2.45, 2.75) is 25.7 Å². The van der Waals surface area contributed by atoms with Gasteiger partial charge in [0.1, 0.15) is 11.6 Å². The summed E-state index contributed by atoms with van der Waals surface area (Å²) in [6, 6.07) is 12.8. The number of H-pyrrole nitrogens is 1. The van der Waals surface area contributed by atoms with Crippen molar-refractivity contribution < 1.29 is 9.18 Å². The van der Waals surface area contributed by atoms with Crippen molar-refractivity contribution in [3.8, 4) is 0 Å². The van der Waals surface area contributed by atoms with Gasteiger partial charge in [-0.15, -0.1) is 0 Å². The average Bonchev–Trinajstić information content (AvgIpc) is 3.05. The topological polar surface area (TPSA) is 49.0 Å². The lowest BCUT2D eigenvalue weighted by atomic mass is 9.95. The number of carbonyl (C=O) groups is 1. The molecule has 1 aliphatic heterocycles. The molecule has 0 spiro atoms. The van der Waals surface area contributed by atoms with E-state index in [0.29, 0.717) is 5.69 Å². The van der Waals surface area contributed by atoms with Crippen molar-refractivity contribution in [3.63, 3.8) is 0 Å². The molecule has 4 nitrogen and oxygen atoms in total. The molecule has 0 radical (unpaired) electrons. The van der Waals surface area contributed by atoms with Gasteiger partial charge in [0.15, 0.2) is 5.78 Å². The van der Waals surface area contributed by atoms with Crippen molar-refractivity contribution in [3.05, 3.63) is 59.7 Å². The lowest BCUT2D eigenvalue weighted by Crippen LogP contribution is -2.35. The van der Waals surface area contributed by atoms with Crippen LogP contribution in [-0.2, 0) is 0 Å². The van der Waals surface area contributed by atoms with Crippen LogP contribution in [0.2, 0.25) is 0 Å². The Hall–Kier alpha value is -2.69. The number of hydrogen-bond donors (Lipinski definition) is 1. The summed E-state index contributed by atoms with van der Waals surface area (Å²) in [5.74, 6) is 0.519. The second kappa shape index (κ2) is 6.31. The molecule has 1 aliphatic rings. The van der Waals surface area contributed by atoms with Gasteiger partial charge < -0.3 is 9.88 Å². The molecule has 2 heterocycles. The number of hydrogen-bond acceptors (Lipinski definition) is 3. The standard InChI is InChI=1S/C20H20FN3O/c1-13(25)19-15(21)7-4-10-18(19)24-11-5-6-14(12-24)20-22-16-8-2-3-9-17(16)23-20/h2-4,7-10,14H,5-6,11-12H2,1H3,(H,22,23)/t14-/m0/s1. The second-order valence-corrected chi connectivity index (χ2v) is 6.61. The summed E-state index contributed by atoms with van der Waals surface area (Å²) in [6.45, 7) is 2.96. The van der Waals surface area contributed by atoms with E-state index in [9.17, 15) is 9.18 Å². The Kier molecular flexibility index (Phi) is 3.99. The number of carbonyl (C=O) groups excluding carboxylic acids is 1. The summed E-state index contributed by atoms with van der Waals surface area (Å²) in [5, 5.41) is 0. The number of rotatable bonds is 3. The number of nitrogens with one attached hydrogen (secondary N) is 1. The summed E-state index contributed by atoms with van der Waals surface area (Å²) in [6.07, 6.45) is 2.01. The van der Waals surface area contributed by atoms with Crippen LogP contribution in [0.4, 0.5) is 10.1 Å². The van der Waals surface area contributed by atoms with Crippen molar-refractivity contribution in [1.82, 2.24) is 9.97 Å². The maximum Gasteiger partial charge on any atom is 0.164 e. The highest BCUT2D eigenvalue weighted by molar-refractivity contribution is 6.00. The van der Waals surface area contributed by atoms with Gasteiger partial charge in [-0.2, -0.15) is 0 Å². The quantitative estimate of drug-likeness (QED) is 0.725. The number of fused-ring (bicyclic) bond motifs is 1. The third kappa shape index (κ3) is 2.90. The summed E-state index contributed by atoms with van der Waals surface area (Å²) in [5.41, 5.74) is 2.87. The van der Waals surface area contributed by atoms with Crippen LogP contribution in [0.3, 0.4) is 0 Å². The zero-order valence-electron chi connectivity index (χ0n) is 14.1. The number of aromatic nitrogens is 2. The average molecular weight is 337 g/mol. The number of anilines is 1. The molecular weight excluding hydrogens is 317 g/mol.